The van der Waals surface area contributed by atoms with E-state index in [1.807, 2.05) is 60.7 Å². The summed E-state index contributed by atoms with van der Waals surface area (Å²) in [6.07, 6.45) is 2.39. The highest BCUT2D eigenvalue weighted by Gasteiger charge is 2.18. The number of aryl methyl sites for hydroxylation is 3. The third-order valence-electron chi connectivity index (χ3n) is 5.35. The minimum atomic E-state index is -0.339. The lowest BCUT2D eigenvalue weighted by molar-refractivity contribution is -0.134. The Labute approximate surface area is 195 Å². The molecule has 3 aromatic rings. The van der Waals surface area contributed by atoms with Crippen molar-refractivity contribution in [1.29, 1.82) is 0 Å². The molecule has 0 saturated heterocycles. The van der Waals surface area contributed by atoms with Crippen molar-refractivity contribution in [3.05, 3.63) is 77.4 Å². The molecule has 3 aromatic carbocycles. The fourth-order valence-corrected chi connectivity index (χ4v) is 3.56. The van der Waals surface area contributed by atoms with Gasteiger partial charge >= 0.3 is 5.97 Å². The highest BCUT2D eigenvalue weighted by Crippen LogP contribution is 2.39. The van der Waals surface area contributed by atoms with E-state index in [1.54, 1.807) is 28.4 Å². The van der Waals surface area contributed by atoms with E-state index in [4.69, 9.17) is 23.7 Å². The molecule has 0 heterocycles. The second kappa shape index (κ2) is 11.8. The van der Waals surface area contributed by atoms with Crippen molar-refractivity contribution in [2.45, 2.75) is 25.7 Å². The van der Waals surface area contributed by atoms with Crippen LogP contribution in [0, 0.1) is 0 Å². The molecule has 0 spiro atoms. The molecule has 33 heavy (non-hydrogen) atoms. The molecular formula is C27H30O6. The molecule has 0 atom stereocenters. The standard InChI is InChI=1S/C27H30O6/c1-29-22-14-12-20(16-23(22)30-2)10-11-21-17-24(31-3)27(25(18-21)32-4)33-26(28)15-13-19-8-6-5-7-9-19/h5-9,12,14,16-18H,10-11,13,15H2,1-4H3. The summed E-state index contributed by atoms with van der Waals surface area (Å²) in [6, 6.07) is 19.5. The molecule has 0 saturated carbocycles. The van der Waals surface area contributed by atoms with Gasteiger partial charge in [0.15, 0.2) is 23.0 Å². The zero-order chi connectivity index (χ0) is 23.6. The predicted molar refractivity (Wildman–Crippen MR) is 127 cm³/mol. The molecule has 0 aliphatic heterocycles. The van der Waals surface area contributed by atoms with Gasteiger partial charge in [0.1, 0.15) is 0 Å². The van der Waals surface area contributed by atoms with E-state index in [1.165, 1.54) is 0 Å². The number of carbonyl (C=O) groups is 1. The topological polar surface area (TPSA) is 63.2 Å². The van der Waals surface area contributed by atoms with Gasteiger partial charge in [-0.05, 0) is 60.2 Å². The fraction of sp³-hybridized carbons (Fsp3) is 0.296. The number of hydrogen-bond acceptors (Lipinski definition) is 6. The Morgan fingerprint density at radius 1 is 0.606 bits per heavy atom. The number of rotatable bonds is 11. The zero-order valence-electron chi connectivity index (χ0n) is 19.6. The van der Waals surface area contributed by atoms with Crippen LogP contribution in [-0.2, 0) is 24.1 Å². The van der Waals surface area contributed by atoms with Gasteiger partial charge in [0.05, 0.1) is 28.4 Å². The molecule has 0 N–H and O–H groups in total. The van der Waals surface area contributed by atoms with Gasteiger partial charge < -0.3 is 23.7 Å². The average Bonchev–Trinajstić information content (AvgIpc) is 2.86. The molecule has 3 rings (SSSR count). The lowest BCUT2D eigenvalue weighted by Gasteiger charge is -2.15. The first kappa shape index (κ1) is 24.0. The number of esters is 1. The summed E-state index contributed by atoms with van der Waals surface area (Å²) in [5.74, 6) is 2.28. The van der Waals surface area contributed by atoms with Crippen LogP contribution in [0.25, 0.3) is 0 Å². The van der Waals surface area contributed by atoms with Crippen LogP contribution in [0.15, 0.2) is 60.7 Å². The second-order valence-corrected chi connectivity index (χ2v) is 7.48. The lowest BCUT2D eigenvalue weighted by Crippen LogP contribution is -2.11. The Kier molecular flexibility index (Phi) is 8.58. The summed E-state index contributed by atoms with van der Waals surface area (Å²) in [7, 11) is 6.34. The third kappa shape index (κ3) is 6.42. The van der Waals surface area contributed by atoms with E-state index in [2.05, 4.69) is 0 Å². The summed E-state index contributed by atoms with van der Waals surface area (Å²) in [5, 5.41) is 0. The molecular weight excluding hydrogens is 420 g/mol. The van der Waals surface area contributed by atoms with Gasteiger partial charge in [-0.3, -0.25) is 4.79 Å². The Morgan fingerprint density at radius 2 is 1.18 bits per heavy atom. The number of carbonyl (C=O) groups excluding carboxylic acids is 1. The van der Waals surface area contributed by atoms with Crippen LogP contribution in [0.2, 0.25) is 0 Å². The minimum absolute atomic E-state index is 0.261. The largest absolute Gasteiger partial charge is 0.493 e. The predicted octanol–water partition coefficient (Wildman–Crippen LogP) is 5.04. The fourth-order valence-electron chi connectivity index (χ4n) is 3.56. The number of benzene rings is 3. The Bertz CT molecular complexity index is 1040. The van der Waals surface area contributed by atoms with Crippen molar-refractivity contribution in [3.8, 4) is 28.7 Å². The maximum atomic E-state index is 12.5. The number of methoxy groups -OCH3 is 4. The quantitative estimate of drug-likeness (QED) is 0.301. The summed E-state index contributed by atoms with van der Waals surface area (Å²) >= 11 is 0. The Hall–Kier alpha value is -3.67. The summed E-state index contributed by atoms with van der Waals surface area (Å²) in [5.41, 5.74) is 3.20. The van der Waals surface area contributed by atoms with Crippen molar-refractivity contribution < 1.29 is 28.5 Å². The van der Waals surface area contributed by atoms with Crippen molar-refractivity contribution in [1.82, 2.24) is 0 Å². The van der Waals surface area contributed by atoms with E-state index in [9.17, 15) is 4.79 Å². The molecule has 0 bridgehead atoms. The molecule has 0 radical (unpaired) electrons. The Morgan fingerprint density at radius 3 is 1.79 bits per heavy atom. The average molecular weight is 451 g/mol. The van der Waals surface area contributed by atoms with E-state index in [0.717, 1.165) is 29.5 Å². The summed E-state index contributed by atoms with van der Waals surface area (Å²) < 4.78 is 27.4. The van der Waals surface area contributed by atoms with Gasteiger partial charge in [-0.15, -0.1) is 0 Å². The van der Waals surface area contributed by atoms with Gasteiger partial charge in [-0.25, -0.2) is 0 Å². The van der Waals surface area contributed by atoms with Crippen LogP contribution in [0.4, 0.5) is 0 Å². The van der Waals surface area contributed by atoms with Crippen molar-refractivity contribution >= 4 is 5.97 Å². The van der Waals surface area contributed by atoms with Crippen LogP contribution in [0.1, 0.15) is 23.1 Å². The first-order chi connectivity index (χ1) is 16.1. The van der Waals surface area contributed by atoms with E-state index >= 15 is 0 Å². The number of hydrogen-bond donors (Lipinski definition) is 0. The second-order valence-electron chi connectivity index (χ2n) is 7.48. The highest BCUT2D eigenvalue weighted by molar-refractivity contribution is 5.75. The maximum absolute atomic E-state index is 12.5. The van der Waals surface area contributed by atoms with Crippen molar-refractivity contribution in [2.75, 3.05) is 28.4 Å². The molecule has 0 aliphatic carbocycles. The van der Waals surface area contributed by atoms with Crippen molar-refractivity contribution in [2.24, 2.45) is 0 Å². The first-order valence-electron chi connectivity index (χ1n) is 10.8. The van der Waals surface area contributed by atoms with Gasteiger partial charge in [-0.2, -0.15) is 0 Å². The smallest absolute Gasteiger partial charge is 0.311 e. The summed E-state index contributed by atoms with van der Waals surface area (Å²) in [4.78, 5) is 12.5. The van der Waals surface area contributed by atoms with Crippen LogP contribution in [0.3, 0.4) is 0 Å². The first-order valence-corrected chi connectivity index (χ1v) is 10.8. The van der Waals surface area contributed by atoms with Crippen molar-refractivity contribution in [3.63, 3.8) is 0 Å². The van der Waals surface area contributed by atoms with E-state index in [0.29, 0.717) is 35.2 Å². The van der Waals surface area contributed by atoms with Crippen LogP contribution in [0.5, 0.6) is 28.7 Å². The van der Waals surface area contributed by atoms with Crippen LogP contribution >= 0.6 is 0 Å². The van der Waals surface area contributed by atoms with Gasteiger partial charge in [0.2, 0.25) is 5.75 Å². The van der Waals surface area contributed by atoms with Gasteiger partial charge in [0, 0.05) is 6.42 Å². The molecule has 6 nitrogen and oxygen atoms in total. The highest BCUT2D eigenvalue weighted by atomic mass is 16.6. The molecule has 0 fully saturated rings. The zero-order valence-corrected chi connectivity index (χ0v) is 19.6. The van der Waals surface area contributed by atoms with Gasteiger partial charge in [0.25, 0.3) is 0 Å². The normalized spacial score (nSPS) is 10.4. The Balaban J connectivity index is 1.70. The molecule has 0 amide bonds. The molecule has 0 unspecified atom stereocenters. The maximum Gasteiger partial charge on any atom is 0.311 e. The summed E-state index contributed by atoms with van der Waals surface area (Å²) in [6.45, 7) is 0. The van der Waals surface area contributed by atoms with Crippen LogP contribution in [-0.4, -0.2) is 34.4 Å². The third-order valence-corrected chi connectivity index (χ3v) is 5.35. The lowest BCUT2D eigenvalue weighted by atomic mass is 10.0. The SMILES string of the molecule is COc1ccc(CCc2cc(OC)c(OC(=O)CCc3ccccc3)c(OC)c2)cc1OC. The van der Waals surface area contributed by atoms with E-state index < -0.39 is 0 Å². The molecule has 0 aliphatic rings. The minimum Gasteiger partial charge on any atom is -0.493 e. The molecule has 174 valence electrons. The molecule has 6 heteroatoms. The van der Waals surface area contributed by atoms with Gasteiger partial charge in [-0.1, -0.05) is 36.4 Å². The molecule has 0 aromatic heterocycles. The number of ether oxygens (including phenoxy) is 5. The monoisotopic (exact) mass is 450 g/mol. The van der Waals surface area contributed by atoms with Crippen LogP contribution < -0.4 is 23.7 Å². The van der Waals surface area contributed by atoms with E-state index in [-0.39, 0.29) is 12.4 Å².